The van der Waals surface area contributed by atoms with Crippen molar-refractivity contribution in [2.24, 2.45) is 5.92 Å². The highest BCUT2D eigenvalue weighted by atomic mass is 16.3. The van der Waals surface area contributed by atoms with Gasteiger partial charge in [-0.15, -0.1) is 0 Å². The van der Waals surface area contributed by atoms with E-state index < -0.39 is 0 Å². The molecule has 2 heterocycles. The fourth-order valence-electron chi connectivity index (χ4n) is 1.78. The number of hydrogen-bond donors (Lipinski definition) is 3. The van der Waals surface area contributed by atoms with Gasteiger partial charge in [0, 0.05) is 18.9 Å². The summed E-state index contributed by atoms with van der Waals surface area (Å²) < 4.78 is 0. The molecule has 0 spiro atoms. The topological polar surface area (TPSA) is 70.1 Å². The van der Waals surface area contributed by atoms with Crippen molar-refractivity contribution in [1.82, 2.24) is 15.3 Å². The maximum atomic E-state index is 9.39. The van der Waals surface area contributed by atoms with Crippen molar-refractivity contribution < 1.29 is 5.11 Å². The van der Waals surface area contributed by atoms with Crippen molar-refractivity contribution in [3.05, 3.63) is 12.4 Å². The molecule has 0 aromatic carbocycles. The summed E-state index contributed by atoms with van der Waals surface area (Å²) in [7, 11) is 0. The number of hydrogen-bond acceptors (Lipinski definition) is 5. The van der Waals surface area contributed by atoms with Gasteiger partial charge in [-0.1, -0.05) is 0 Å². The molecule has 0 aliphatic carbocycles. The Morgan fingerprint density at radius 3 is 2.80 bits per heavy atom. The van der Waals surface area contributed by atoms with Crippen molar-refractivity contribution in [2.45, 2.75) is 12.8 Å². The maximum absolute atomic E-state index is 9.39. The summed E-state index contributed by atoms with van der Waals surface area (Å²) in [4.78, 5) is 7.78. The Bertz CT molecular complexity index is 312. The first kappa shape index (κ1) is 10.2. The molecular formula is C10H16N4O. The van der Waals surface area contributed by atoms with Gasteiger partial charge in [0.05, 0.1) is 0 Å². The Labute approximate surface area is 88.9 Å². The van der Waals surface area contributed by atoms with E-state index in [1.54, 1.807) is 6.20 Å². The number of anilines is 1. The molecule has 1 aromatic rings. The van der Waals surface area contributed by atoms with Crippen molar-refractivity contribution in [2.75, 3.05) is 25.0 Å². The van der Waals surface area contributed by atoms with Crippen LogP contribution in [-0.2, 0) is 0 Å². The zero-order valence-corrected chi connectivity index (χ0v) is 8.61. The van der Waals surface area contributed by atoms with Crippen LogP contribution >= 0.6 is 0 Å². The van der Waals surface area contributed by atoms with E-state index in [1.807, 2.05) is 0 Å². The Morgan fingerprint density at radius 1 is 1.33 bits per heavy atom. The van der Waals surface area contributed by atoms with E-state index in [9.17, 15) is 5.11 Å². The van der Waals surface area contributed by atoms with Gasteiger partial charge in [-0.3, -0.25) is 0 Å². The first-order chi connectivity index (χ1) is 7.36. The molecule has 1 aromatic heterocycles. The van der Waals surface area contributed by atoms with Gasteiger partial charge in [-0.25, -0.2) is 9.97 Å². The summed E-state index contributed by atoms with van der Waals surface area (Å²) in [6.07, 6.45) is 5.40. The first-order valence-electron chi connectivity index (χ1n) is 5.31. The molecule has 0 amide bonds. The predicted molar refractivity (Wildman–Crippen MR) is 57.8 cm³/mol. The molecule has 0 atom stereocenters. The average molecular weight is 208 g/mol. The number of aromatic nitrogens is 2. The Kier molecular flexibility index (Phi) is 3.34. The molecule has 15 heavy (non-hydrogen) atoms. The summed E-state index contributed by atoms with van der Waals surface area (Å²) in [6, 6.07) is 0. The standard InChI is InChI=1S/C10H16N4O/c15-10-9(12-5-6-13-10)14-7-8-1-3-11-4-2-8/h5-6,8,11H,1-4,7H2,(H,12,14)(H,13,15). The second-order valence-corrected chi connectivity index (χ2v) is 3.80. The van der Waals surface area contributed by atoms with Crippen LogP contribution in [-0.4, -0.2) is 34.7 Å². The van der Waals surface area contributed by atoms with Gasteiger partial charge in [-0.05, 0) is 31.8 Å². The minimum atomic E-state index is -0.0218. The lowest BCUT2D eigenvalue weighted by atomic mass is 9.98. The van der Waals surface area contributed by atoms with E-state index in [0.717, 1.165) is 19.6 Å². The normalized spacial score (nSPS) is 17.6. The van der Waals surface area contributed by atoms with Crippen LogP contribution in [0.4, 0.5) is 5.82 Å². The van der Waals surface area contributed by atoms with Crippen molar-refractivity contribution in [3.63, 3.8) is 0 Å². The molecule has 1 aliphatic rings. The number of nitrogens with one attached hydrogen (secondary N) is 2. The van der Waals surface area contributed by atoms with Gasteiger partial charge in [0.25, 0.3) is 5.88 Å². The molecule has 1 aliphatic heterocycles. The third kappa shape index (κ3) is 2.79. The van der Waals surface area contributed by atoms with Crippen molar-refractivity contribution in [3.8, 4) is 5.88 Å². The van der Waals surface area contributed by atoms with Crippen molar-refractivity contribution >= 4 is 5.82 Å². The Hall–Kier alpha value is -1.36. The van der Waals surface area contributed by atoms with Crippen LogP contribution in [0, 0.1) is 5.92 Å². The van der Waals surface area contributed by atoms with Crippen molar-refractivity contribution in [1.29, 1.82) is 0 Å². The number of piperidine rings is 1. The average Bonchev–Trinajstić information content (AvgIpc) is 2.29. The van der Waals surface area contributed by atoms with Gasteiger partial charge in [0.2, 0.25) is 0 Å². The lowest BCUT2D eigenvalue weighted by Gasteiger charge is -2.22. The molecule has 3 N–H and O–H groups in total. The van der Waals surface area contributed by atoms with Crippen LogP contribution in [0.5, 0.6) is 5.88 Å². The fourth-order valence-corrected chi connectivity index (χ4v) is 1.78. The minimum Gasteiger partial charge on any atom is -0.491 e. The summed E-state index contributed by atoms with van der Waals surface area (Å²) in [5, 5.41) is 15.8. The molecule has 0 radical (unpaired) electrons. The molecule has 1 saturated heterocycles. The molecule has 0 saturated carbocycles. The molecule has 2 rings (SSSR count). The van der Waals surface area contributed by atoms with Gasteiger partial charge in [0.15, 0.2) is 5.82 Å². The summed E-state index contributed by atoms with van der Waals surface area (Å²) >= 11 is 0. The van der Waals surface area contributed by atoms with Crippen LogP contribution in [0.3, 0.4) is 0 Å². The minimum absolute atomic E-state index is 0.0218. The lowest BCUT2D eigenvalue weighted by molar-refractivity contribution is 0.388. The quantitative estimate of drug-likeness (QED) is 0.678. The molecule has 0 bridgehead atoms. The highest BCUT2D eigenvalue weighted by Crippen LogP contribution is 2.17. The third-order valence-corrected chi connectivity index (χ3v) is 2.70. The van der Waals surface area contributed by atoms with E-state index in [1.165, 1.54) is 19.0 Å². The van der Waals surface area contributed by atoms with Crippen LogP contribution < -0.4 is 10.6 Å². The van der Waals surface area contributed by atoms with E-state index in [4.69, 9.17) is 0 Å². The van der Waals surface area contributed by atoms with Gasteiger partial charge in [0.1, 0.15) is 0 Å². The monoisotopic (exact) mass is 208 g/mol. The van der Waals surface area contributed by atoms with E-state index in [-0.39, 0.29) is 5.88 Å². The number of nitrogens with zero attached hydrogens (tertiary/aromatic N) is 2. The zero-order valence-electron chi connectivity index (χ0n) is 8.61. The van der Waals surface area contributed by atoms with E-state index >= 15 is 0 Å². The largest absolute Gasteiger partial charge is 0.491 e. The number of aromatic hydroxyl groups is 1. The molecule has 1 fully saturated rings. The van der Waals surface area contributed by atoms with Gasteiger partial charge < -0.3 is 15.7 Å². The molecule has 0 unspecified atom stereocenters. The highest BCUT2D eigenvalue weighted by molar-refractivity contribution is 5.43. The van der Waals surface area contributed by atoms with Gasteiger partial charge in [-0.2, -0.15) is 0 Å². The van der Waals surface area contributed by atoms with Crippen LogP contribution in [0.1, 0.15) is 12.8 Å². The Morgan fingerprint density at radius 2 is 2.07 bits per heavy atom. The molecule has 5 nitrogen and oxygen atoms in total. The smallest absolute Gasteiger partial charge is 0.254 e. The van der Waals surface area contributed by atoms with Crippen LogP contribution in [0.2, 0.25) is 0 Å². The highest BCUT2D eigenvalue weighted by Gasteiger charge is 2.13. The maximum Gasteiger partial charge on any atom is 0.254 e. The SMILES string of the molecule is Oc1nccnc1NCC1CCNCC1. The van der Waals surface area contributed by atoms with Gasteiger partial charge >= 0.3 is 0 Å². The summed E-state index contributed by atoms with van der Waals surface area (Å²) in [5.74, 6) is 1.12. The molecule has 82 valence electrons. The predicted octanol–water partition coefficient (Wildman–Crippen LogP) is 0.594. The molecule has 5 heteroatoms. The van der Waals surface area contributed by atoms with E-state index in [0.29, 0.717) is 11.7 Å². The second kappa shape index (κ2) is 4.93. The second-order valence-electron chi connectivity index (χ2n) is 3.80. The summed E-state index contributed by atoms with van der Waals surface area (Å²) in [5.41, 5.74) is 0. The first-order valence-corrected chi connectivity index (χ1v) is 5.31. The summed E-state index contributed by atoms with van der Waals surface area (Å²) in [6.45, 7) is 3.02. The van der Waals surface area contributed by atoms with Crippen LogP contribution in [0.25, 0.3) is 0 Å². The fraction of sp³-hybridized carbons (Fsp3) is 0.600. The molecular weight excluding hydrogens is 192 g/mol. The van der Waals surface area contributed by atoms with Crippen LogP contribution in [0.15, 0.2) is 12.4 Å². The number of rotatable bonds is 3. The van der Waals surface area contributed by atoms with E-state index in [2.05, 4.69) is 20.6 Å². The zero-order chi connectivity index (χ0) is 10.5. The lowest BCUT2D eigenvalue weighted by Crippen LogP contribution is -2.31. The third-order valence-electron chi connectivity index (χ3n) is 2.70. The Balaban J connectivity index is 1.84.